The van der Waals surface area contributed by atoms with E-state index in [9.17, 15) is 5.26 Å². The van der Waals surface area contributed by atoms with Gasteiger partial charge >= 0.3 is 0 Å². The van der Waals surface area contributed by atoms with Crippen LogP contribution in [0.15, 0.2) is 11.6 Å². The lowest BCUT2D eigenvalue weighted by Crippen LogP contribution is -2.45. The van der Waals surface area contributed by atoms with Gasteiger partial charge in [-0.25, -0.2) is 0 Å². The van der Waals surface area contributed by atoms with Gasteiger partial charge in [0.15, 0.2) is 0 Å². The van der Waals surface area contributed by atoms with E-state index in [0.717, 1.165) is 29.2 Å². The zero-order chi connectivity index (χ0) is 12.0. The van der Waals surface area contributed by atoms with Crippen molar-refractivity contribution in [3.63, 3.8) is 0 Å². The fraction of sp³-hybridized carbons (Fsp3) is 0.812. The van der Waals surface area contributed by atoms with Crippen LogP contribution in [0.25, 0.3) is 0 Å². The van der Waals surface area contributed by atoms with Gasteiger partial charge in [0, 0.05) is 5.57 Å². The molecule has 1 heteroatoms. The number of rotatable bonds is 2. The third-order valence-corrected chi connectivity index (χ3v) is 5.23. The Balaban J connectivity index is 1.86. The van der Waals surface area contributed by atoms with Gasteiger partial charge in [-0.1, -0.05) is 19.9 Å². The molecule has 92 valence electrons. The van der Waals surface area contributed by atoms with Crippen LogP contribution in [0.4, 0.5) is 0 Å². The first-order valence-corrected chi connectivity index (χ1v) is 7.29. The molecule has 0 radical (unpaired) electrons. The van der Waals surface area contributed by atoms with Gasteiger partial charge in [-0.15, -0.1) is 0 Å². The Morgan fingerprint density at radius 2 is 1.59 bits per heavy atom. The minimum absolute atomic E-state index is 0.516. The summed E-state index contributed by atoms with van der Waals surface area (Å²) in [6, 6.07) is 2.52. The third-order valence-electron chi connectivity index (χ3n) is 5.23. The summed E-state index contributed by atoms with van der Waals surface area (Å²) in [6.07, 6.45) is 9.37. The fourth-order valence-corrected chi connectivity index (χ4v) is 5.02. The van der Waals surface area contributed by atoms with Crippen LogP contribution in [-0.4, -0.2) is 0 Å². The van der Waals surface area contributed by atoms with Crippen molar-refractivity contribution in [2.45, 2.75) is 46.0 Å². The first kappa shape index (κ1) is 11.3. The lowest BCUT2D eigenvalue weighted by Gasteiger charge is -2.54. The van der Waals surface area contributed by atoms with Gasteiger partial charge in [0.2, 0.25) is 0 Å². The monoisotopic (exact) mass is 229 g/mol. The summed E-state index contributed by atoms with van der Waals surface area (Å²) < 4.78 is 0. The Kier molecular flexibility index (Phi) is 2.77. The highest BCUT2D eigenvalue weighted by atomic mass is 14.5. The molecule has 0 amide bonds. The summed E-state index contributed by atoms with van der Waals surface area (Å²) in [7, 11) is 0. The van der Waals surface area contributed by atoms with Crippen LogP contribution in [0.1, 0.15) is 46.0 Å². The molecule has 0 saturated heterocycles. The molecule has 1 nitrogen and oxygen atoms in total. The minimum Gasteiger partial charge on any atom is -0.193 e. The maximum Gasteiger partial charge on any atom is 0.0947 e. The van der Waals surface area contributed by atoms with Crippen molar-refractivity contribution in [3.05, 3.63) is 11.6 Å². The summed E-state index contributed by atoms with van der Waals surface area (Å²) in [5, 5.41) is 9.44. The van der Waals surface area contributed by atoms with E-state index >= 15 is 0 Å². The van der Waals surface area contributed by atoms with E-state index in [-0.39, 0.29) is 0 Å². The zero-order valence-corrected chi connectivity index (χ0v) is 11.0. The molecule has 0 heterocycles. The lowest BCUT2D eigenvalue weighted by molar-refractivity contribution is -0.0193. The summed E-state index contributed by atoms with van der Waals surface area (Å²) in [5.41, 5.74) is 1.12. The average Bonchev–Trinajstić information content (AvgIpc) is 2.25. The van der Waals surface area contributed by atoms with E-state index in [4.69, 9.17) is 0 Å². The molecule has 0 atom stereocenters. The maximum atomic E-state index is 9.44. The molecule has 0 aliphatic heterocycles. The molecule has 4 bridgehead atoms. The number of allylic oxidation sites excluding steroid dienone is 2. The van der Waals surface area contributed by atoms with Crippen LogP contribution in [0, 0.1) is 46.8 Å². The molecule has 0 aromatic heterocycles. The van der Waals surface area contributed by atoms with Crippen LogP contribution in [0.3, 0.4) is 0 Å². The van der Waals surface area contributed by atoms with Crippen LogP contribution in [-0.2, 0) is 0 Å². The van der Waals surface area contributed by atoms with Crippen molar-refractivity contribution < 1.29 is 0 Å². The highest BCUT2D eigenvalue weighted by Gasteiger charge is 2.49. The van der Waals surface area contributed by atoms with Gasteiger partial charge in [0.25, 0.3) is 0 Å². The highest BCUT2D eigenvalue weighted by Crippen LogP contribution is 2.58. The first-order valence-electron chi connectivity index (χ1n) is 7.29. The summed E-state index contributed by atoms with van der Waals surface area (Å²) in [4.78, 5) is 0. The van der Waals surface area contributed by atoms with Gasteiger partial charge in [-0.05, 0) is 67.6 Å². The molecule has 0 spiro atoms. The summed E-state index contributed by atoms with van der Waals surface area (Å²) in [6.45, 7) is 4.38. The molecule has 4 aliphatic rings. The molecule has 0 unspecified atom stereocenters. The molecule has 4 aliphatic carbocycles. The second-order valence-corrected chi connectivity index (χ2v) is 6.93. The standard InChI is InChI=1S/C16H23N/c1-10(2)3-15(9-17)16-13-5-11-4-12(7-13)8-14(16)6-11/h3,10-14,16H,4-8H2,1-2H3/b15-3+. The number of nitrogens with zero attached hydrogens (tertiary/aromatic N) is 1. The minimum atomic E-state index is 0.516. The van der Waals surface area contributed by atoms with E-state index in [0.29, 0.717) is 11.8 Å². The van der Waals surface area contributed by atoms with E-state index < -0.39 is 0 Å². The SMILES string of the molecule is CC(C)/C=C(\C#N)C1C2CC3CC(C2)CC1C3. The Hall–Kier alpha value is -0.770. The molecule has 0 N–H and O–H groups in total. The summed E-state index contributed by atoms with van der Waals surface area (Å²) in [5.74, 6) is 4.84. The molecule has 4 fully saturated rings. The van der Waals surface area contributed by atoms with Crippen LogP contribution in [0.5, 0.6) is 0 Å². The summed E-state index contributed by atoms with van der Waals surface area (Å²) >= 11 is 0. The average molecular weight is 229 g/mol. The van der Waals surface area contributed by atoms with E-state index in [1.165, 1.54) is 32.1 Å². The number of hydrogen-bond donors (Lipinski definition) is 0. The second kappa shape index (κ2) is 4.16. The predicted octanol–water partition coefficient (Wildman–Crippen LogP) is 4.16. The van der Waals surface area contributed by atoms with Crippen molar-refractivity contribution in [1.29, 1.82) is 5.26 Å². The fourth-order valence-electron chi connectivity index (χ4n) is 5.02. The Bertz CT molecular complexity index is 343. The van der Waals surface area contributed by atoms with Crippen molar-refractivity contribution in [2.24, 2.45) is 35.5 Å². The van der Waals surface area contributed by atoms with Crippen molar-refractivity contribution >= 4 is 0 Å². The Labute approximate surface area is 105 Å². The Morgan fingerprint density at radius 3 is 2.00 bits per heavy atom. The topological polar surface area (TPSA) is 23.8 Å². The predicted molar refractivity (Wildman–Crippen MR) is 69.1 cm³/mol. The number of nitriles is 1. The molecule has 0 aromatic carbocycles. The zero-order valence-electron chi connectivity index (χ0n) is 11.0. The van der Waals surface area contributed by atoms with Gasteiger partial charge in [-0.2, -0.15) is 5.26 Å². The largest absolute Gasteiger partial charge is 0.193 e. The van der Waals surface area contributed by atoms with Crippen LogP contribution < -0.4 is 0 Å². The quantitative estimate of drug-likeness (QED) is 0.652. The van der Waals surface area contributed by atoms with E-state index in [1.807, 2.05) is 0 Å². The molecular formula is C16H23N. The lowest BCUT2D eigenvalue weighted by atomic mass is 9.50. The van der Waals surface area contributed by atoms with E-state index in [2.05, 4.69) is 26.0 Å². The highest BCUT2D eigenvalue weighted by molar-refractivity contribution is 5.28. The molecule has 4 saturated carbocycles. The van der Waals surface area contributed by atoms with Gasteiger partial charge < -0.3 is 0 Å². The molecular weight excluding hydrogens is 206 g/mol. The number of hydrogen-bond acceptors (Lipinski definition) is 1. The normalized spacial score (nSPS) is 44.1. The second-order valence-electron chi connectivity index (χ2n) is 6.93. The third kappa shape index (κ3) is 1.92. The van der Waals surface area contributed by atoms with Gasteiger partial charge in [0.05, 0.1) is 6.07 Å². The van der Waals surface area contributed by atoms with E-state index in [1.54, 1.807) is 0 Å². The maximum absolute atomic E-state index is 9.44. The van der Waals surface area contributed by atoms with Gasteiger partial charge in [-0.3, -0.25) is 0 Å². The molecule has 0 aromatic rings. The smallest absolute Gasteiger partial charge is 0.0947 e. The van der Waals surface area contributed by atoms with Gasteiger partial charge in [0.1, 0.15) is 0 Å². The van der Waals surface area contributed by atoms with Crippen molar-refractivity contribution in [2.75, 3.05) is 0 Å². The van der Waals surface area contributed by atoms with Crippen LogP contribution >= 0.6 is 0 Å². The Morgan fingerprint density at radius 1 is 1.06 bits per heavy atom. The van der Waals surface area contributed by atoms with Crippen molar-refractivity contribution in [3.8, 4) is 6.07 Å². The van der Waals surface area contributed by atoms with Crippen molar-refractivity contribution in [1.82, 2.24) is 0 Å². The molecule has 4 rings (SSSR count). The van der Waals surface area contributed by atoms with Crippen LogP contribution in [0.2, 0.25) is 0 Å². The molecule has 17 heavy (non-hydrogen) atoms. The first-order chi connectivity index (χ1) is 8.17.